The topological polar surface area (TPSA) is 69.7 Å². The fourth-order valence-electron chi connectivity index (χ4n) is 4.14. The van der Waals surface area contributed by atoms with Crippen molar-refractivity contribution in [2.45, 2.75) is 43.9 Å². The fourth-order valence-corrected chi connectivity index (χ4v) is 5.91. The molecule has 1 aromatic carbocycles. The van der Waals surface area contributed by atoms with E-state index in [1.165, 1.54) is 0 Å². The van der Waals surface area contributed by atoms with Crippen LogP contribution >= 0.6 is 0 Å². The fraction of sp³-hybridized carbons (Fsp3) is 0.650. The van der Waals surface area contributed by atoms with E-state index in [-0.39, 0.29) is 10.8 Å². The van der Waals surface area contributed by atoms with Crippen LogP contribution in [0.15, 0.2) is 23.1 Å². The number of likely N-dealkylation sites (tertiary alicyclic amines) is 1. The lowest BCUT2D eigenvalue weighted by Gasteiger charge is -2.33. The van der Waals surface area contributed by atoms with E-state index in [1.54, 1.807) is 29.4 Å². The van der Waals surface area contributed by atoms with Gasteiger partial charge in [0, 0.05) is 31.7 Å². The van der Waals surface area contributed by atoms with Crippen molar-refractivity contribution in [3.8, 4) is 0 Å². The SMILES string of the molecule is CNCC1CCCN(C(=O)c2ccc(C)c(S(=O)(=O)N3CCCCC3)c2)C1. The van der Waals surface area contributed by atoms with Gasteiger partial charge in [-0.1, -0.05) is 12.5 Å². The summed E-state index contributed by atoms with van der Waals surface area (Å²) >= 11 is 0. The van der Waals surface area contributed by atoms with Crippen LogP contribution in [0.5, 0.6) is 0 Å². The first-order valence-electron chi connectivity index (χ1n) is 9.98. The van der Waals surface area contributed by atoms with Crippen LogP contribution in [0, 0.1) is 12.8 Å². The molecule has 1 atom stereocenters. The van der Waals surface area contributed by atoms with Gasteiger partial charge in [0.25, 0.3) is 5.91 Å². The average Bonchev–Trinajstić information content (AvgIpc) is 2.69. The minimum atomic E-state index is -3.55. The summed E-state index contributed by atoms with van der Waals surface area (Å²) in [4.78, 5) is 15.2. The zero-order chi connectivity index (χ0) is 19.4. The van der Waals surface area contributed by atoms with Crippen molar-refractivity contribution in [3.05, 3.63) is 29.3 Å². The monoisotopic (exact) mass is 393 g/mol. The Morgan fingerprint density at radius 1 is 1.15 bits per heavy atom. The van der Waals surface area contributed by atoms with Crippen molar-refractivity contribution in [1.82, 2.24) is 14.5 Å². The van der Waals surface area contributed by atoms with Crippen LogP contribution in [-0.4, -0.2) is 63.3 Å². The van der Waals surface area contributed by atoms with Gasteiger partial charge in [0.15, 0.2) is 0 Å². The minimum Gasteiger partial charge on any atom is -0.338 e. The number of hydrogen-bond acceptors (Lipinski definition) is 4. The second-order valence-electron chi connectivity index (χ2n) is 7.76. The van der Waals surface area contributed by atoms with Gasteiger partial charge < -0.3 is 10.2 Å². The molecular formula is C20H31N3O3S. The lowest BCUT2D eigenvalue weighted by Crippen LogP contribution is -2.42. The van der Waals surface area contributed by atoms with E-state index in [0.717, 1.165) is 51.7 Å². The molecule has 0 spiro atoms. The molecule has 2 saturated heterocycles. The van der Waals surface area contributed by atoms with Crippen LogP contribution < -0.4 is 5.32 Å². The third kappa shape index (κ3) is 4.52. The molecule has 2 heterocycles. The Labute approximate surface area is 163 Å². The quantitative estimate of drug-likeness (QED) is 0.833. The summed E-state index contributed by atoms with van der Waals surface area (Å²) in [5, 5.41) is 3.19. The highest BCUT2D eigenvalue weighted by Crippen LogP contribution is 2.26. The van der Waals surface area contributed by atoms with E-state index in [1.807, 2.05) is 11.9 Å². The Bertz CT molecular complexity index is 771. The van der Waals surface area contributed by atoms with Gasteiger partial charge in [0.05, 0.1) is 4.90 Å². The molecule has 2 aliphatic heterocycles. The number of rotatable bonds is 5. The number of sulfonamides is 1. The molecule has 0 bridgehead atoms. The molecule has 1 unspecified atom stereocenters. The van der Waals surface area contributed by atoms with Gasteiger partial charge in [-0.25, -0.2) is 8.42 Å². The molecule has 0 aromatic heterocycles. The summed E-state index contributed by atoms with van der Waals surface area (Å²) in [5.74, 6) is 0.389. The number of carbonyl (C=O) groups is 1. The normalized spacial score (nSPS) is 22.0. The Balaban J connectivity index is 1.83. The largest absolute Gasteiger partial charge is 0.338 e. The molecule has 0 saturated carbocycles. The van der Waals surface area contributed by atoms with Crippen molar-refractivity contribution in [3.63, 3.8) is 0 Å². The van der Waals surface area contributed by atoms with Gasteiger partial charge in [-0.15, -0.1) is 0 Å². The minimum absolute atomic E-state index is 0.0640. The van der Waals surface area contributed by atoms with E-state index in [2.05, 4.69) is 5.32 Å². The predicted octanol–water partition coefficient (Wildman–Crippen LogP) is 2.24. The number of amides is 1. The summed E-state index contributed by atoms with van der Waals surface area (Å²) in [5.41, 5.74) is 1.17. The maximum Gasteiger partial charge on any atom is 0.253 e. The first-order valence-corrected chi connectivity index (χ1v) is 11.4. The maximum atomic E-state index is 13.1. The number of carbonyl (C=O) groups excluding carboxylic acids is 1. The van der Waals surface area contributed by atoms with Crippen molar-refractivity contribution >= 4 is 15.9 Å². The Morgan fingerprint density at radius 2 is 1.89 bits per heavy atom. The van der Waals surface area contributed by atoms with Crippen molar-refractivity contribution < 1.29 is 13.2 Å². The van der Waals surface area contributed by atoms with Gasteiger partial charge in [-0.05, 0) is 69.8 Å². The highest BCUT2D eigenvalue weighted by Gasteiger charge is 2.29. The molecule has 0 radical (unpaired) electrons. The van der Waals surface area contributed by atoms with Crippen molar-refractivity contribution in [2.75, 3.05) is 39.8 Å². The van der Waals surface area contributed by atoms with Crippen LogP contribution in [0.3, 0.4) is 0 Å². The number of benzene rings is 1. The second kappa shape index (κ2) is 8.71. The van der Waals surface area contributed by atoms with Crippen molar-refractivity contribution in [1.29, 1.82) is 0 Å². The van der Waals surface area contributed by atoms with Crippen molar-refractivity contribution in [2.24, 2.45) is 5.92 Å². The van der Waals surface area contributed by atoms with Crippen LogP contribution in [-0.2, 0) is 10.0 Å². The summed E-state index contributed by atoms with van der Waals surface area (Å²) in [6.45, 7) is 5.29. The molecule has 6 nitrogen and oxygen atoms in total. The lowest BCUT2D eigenvalue weighted by atomic mass is 9.97. The third-order valence-electron chi connectivity index (χ3n) is 5.67. The molecule has 1 amide bonds. The molecule has 1 N–H and O–H groups in total. The summed E-state index contributed by atoms with van der Waals surface area (Å²) in [7, 11) is -1.62. The Kier molecular flexibility index (Phi) is 6.55. The van der Waals surface area contributed by atoms with E-state index in [0.29, 0.717) is 30.1 Å². The first kappa shape index (κ1) is 20.3. The second-order valence-corrected chi connectivity index (χ2v) is 9.67. The van der Waals surface area contributed by atoms with Crippen LogP contribution in [0.1, 0.15) is 48.0 Å². The van der Waals surface area contributed by atoms with Gasteiger partial charge in [-0.2, -0.15) is 4.31 Å². The molecule has 2 aliphatic rings. The smallest absolute Gasteiger partial charge is 0.253 e. The van der Waals surface area contributed by atoms with Gasteiger partial charge in [-0.3, -0.25) is 4.79 Å². The number of nitrogens with zero attached hydrogens (tertiary/aromatic N) is 2. The molecule has 27 heavy (non-hydrogen) atoms. The third-order valence-corrected chi connectivity index (χ3v) is 7.71. The maximum absolute atomic E-state index is 13.1. The van der Waals surface area contributed by atoms with E-state index in [4.69, 9.17) is 0 Å². The van der Waals surface area contributed by atoms with Gasteiger partial charge >= 0.3 is 0 Å². The molecule has 7 heteroatoms. The summed E-state index contributed by atoms with van der Waals surface area (Å²) in [6, 6.07) is 5.11. The molecule has 1 aromatic rings. The highest BCUT2D eigenvalue weighted by atomic mass is 32.2. The standard InChI is InChI=1S/C20H31N3O3S/c1-16-8-9-18(20(24)22-10-6-7-17(15-22)14-21-2)13-19(16)27(25,26)23-11-4-3-5-12-23/h8-9,13,17,21H,3-7,10-12,14-15H2,1-2H3. The van der Waals surface area contributed by atoms with Gasteiger partial charge in [0.2, 0.25) is 10.0 Å². The number of hydrogen-bond donors (Lipinski definition) is 1. The van der Waals surface area contributed by atoms with E-state index >= 15 is 0 Å². The predicted molar refractivity (Wildman–Crippen MR) is 106 cm³/mol. The first-order chi connectivity index (χ1) is 12.9. The highest BCUT2D eigenvalue weighted by molar-refractivity contribution is 7.89. The molecule has 0 aliphatic carbocycles. The molecule has 2 fully saturated rings. The summed E-state index contributed by atoms with van der Waals surface area (Å²) in [6.07, 6.45) is 4.98. The summed E-state index contributed by atoms with van der Waals surface area (Å²) < 4.78 is 27.7. The zero-order valence-electron chi connectivity index (χ0n) is 16.4. The number of piperidine rings is 2. The van der Waals surface area contributed by atoms with Crippen LogP contribution in [0.4, 0.5) is 0 Å². The zero-order valence-corrected chi connectivity index (χ0v) is 17.2. The lowest BCUT2D eigenvalue weighted by molar-refractivity contribution is 0.0674. The number of nitrogens with one attached hydrogen (secondary N) is 1. The van der Waals surface area contributed by atoms with Crippen LogP contribution in [0.2, 0.25) is 0 Å². The Hall–Kier alpha value is -1.44. The Morgan fingerprint density at radius 3 is 2.59 bits per heavy atom. The molecule has 150 valence electrons. The van der Waals surface area contributed by atoms with Crippen LogP contribution in [0.25, 0.3) is 0 Å². The molecular weight excluding hydrogens is 362 g/mol. The number of aryl methyl sites for hydroxylation is 1. The average molecular weight is 394 g/mol. The van der Waals surface area contributed by atoms with Gasteiger partial charge in [0.1, 0.15) is 0 Å². The van der Waals surface area contributed by atoms with E-state index in [9.17, 15) is 13.2 Å². The van der Waals surface area contributed by atoms with E-state index < -0.39 is 10.0 Å². The molecule has 3 rings (SSSR count).